The minimum atomic E-state index is -5.25. The van der Waals surface area contributed by atoms with E-state index >= 15 is 0 Å². The van der Waals surface area contributed by atoms with Crippen molar-refractivity contribution in [1.29, 1.82) is 0 Å². The van der Waals surface area contributed by atoms with E-state index < -0.39 is 117 Å². The molecule has 3 aromatic rings. The number of carbonyl (C=O) groups is 3. The van der Waals surface area contributed by atoms with E-state index in [1.54, 1.807) is 0 Å². The average Bonchev–Trinajstić information content (AvgIpc) is 3.47. The van der Waals surface area contributed by atoms with Crippen LogP contribution in [-0.4, -0.2) is 90.3 Å². The number of H-pyrrole nitrogens is 1. The Morgan fingerprint density at radius 2 is 1.27 bits per heavy atom. The number of aromatic nitrogens is 2. The Kier molecular flexibility index (Phi) is 9.14. The number of aliphatic carboxylic acids is 1. The van der Waals surface area contributed by atoms with Gasteiger partial charge in [0.2, 0.25) is 0 Å². The van der Waals surface area contributed by atoms with Crippen molar-refractivity contribution in [2.75, 3.05) is 5.01 Å². The third-order valence-corrected chi connectivity index (χ3v) is 9.72. The summed E-state index contributed by atoms with van der Waals surface area (Å²) in [4.78, 5) is 45.8. The largest absolute Gasteiger partial charge is 0.543 e. The molecule has 1 aliphatic rings. The number of rotatable bonds is 10. The zero-order valence-corrected chi connectivity index (χ0v) is 26.5. The normalized spacial score (nSPS) is 15.3. The van der Waals surface area contributed by atoms with E-state index in [9.17, 15) is 81.3 Å². The Labute approximate surface area is 272 Å². The lowest BCUT2D eigenvalue weighted by Gasteiger charge is -2.15. The Morgan fingerprint density at radius 1 is 0.776 bits per heavy atom. The number of hydrazone groups is 1. The number of aromatic carboxylic acids is 1. The van der Waals surface area contributed by atoms with Gasteiger partial charge in [0.25, 0.3) is 51.9 Å². The van der Waals surface area contributed by atoms with Crippen LogP contribution in [0, 0.1) is 0 Å². The first kappa shape index (κ1) is 36.5. The molecule has 260 valence electrons. The van der Waals surface area contributed by atoms with Crippen molar-refractivity contribution in [3.63, 3.8) is 0 Å². The molecule has 0 spiro atoms. The lowest BCUT2D eigenvalue weighted by molar-refractivity contribution is -0.255. The molecular weight excluding hydrogens is 749 g/mol. The van der Waals surface area contributed by atoms with E-state index in [0.29, 0.717) is 54.6 Å². The lowest BCUT2D eigenvalue weighted by Crippen LogP contribution is -2.24. The number of allylic oxidation sites excluding steroid dienone is 2. The molecule has 1 aromatic heterocycles. The first-order chi connectivity index (χ1) is 22.3. The van der Waals surface area contributed by atoms with E-state index in [2.05, 4.69) is 5.10 Å². The van der Waals surface area contributed by atoms with Crippen LogP contribution in [0.3, 0.4) is 0 Å². The number of hydrogen-bond acceptors (Lipinski definition) is 14. The van der Waals surface area contributed by atoms with Gasteiger partial charge in [0.1, 0.15) is 9.79 Å². The predicted octanol–water partition coefficient (Wildman–Crippen LogP) is -2.06. The molecule has 0 bridgehead atoms. The summed E-state index contributed by atoms with van der Waals surface area (Å²) in [6, 6.07) is 2.72. The average molecular weight is 764 g/mol. The minimum absolute atomic E-state index is 0.0375. The number of carboxylic acids is 2. The van der Waals surface area contributed by atoms with Gasteiger partial charge in [-0.15, -0.1) is 0 Å². The van der Waals surface area contributed by atoms with Crippen molar-refractivity contribution in [1.82, 2.24) is 9.78 Å². The standard InChI is InChI=1S/C23H16N4O18S4/c28-20-12(18(22(30)31)24-26(20)14-8-10(46(34,35)36)4-6-16(14)48(40,41)42)2-1-3-13-19(23(32)33)25-27(21(13)29)15-9-11(47(37,38)39)5-7-17(15)49(43,44)45/h1-9,24H,(H,30,31)(H,32,33)(H,34,35,36)(H,37,38,39)(H,40,41,42)(H,43,44,45)/p-1. The highest BCUT2D eigenvalue weighted by Gasteiger charge is 2.38. The van der Waals surface area contributed by atoms with Gasteiger partial charge in [0.15, 0.2) is 5.71 Å². The summed E-state index contributed by atoms with van der Waals surface area (Å²) in [6.07, 6.45) is 1.88. The number of amides is 1. The number of nitrogens with zero attached hydrogens (tertiary/aromatic N) is 3. The van der Waals surface area contributed by atoms with Crippen molar-refractivity contribution < 1.29 is 76.5 Å². The fourth-order valence-corrected chi connectivity index (χ4v) is 6.45. The molecule has 0 atom stereocenters. The maximum Gasteiger partial charge on any atom is 0.357 e. The third-order valence-electron chi connectivity index (χ3n) is 6.22. The molecule has 0 aliphatic carbocycles. The van der Waals surface area contributed by atoms with Crippen LogP contribution in [-0.2, 0) is 50.1 Å². The van der Waals surface area contributed by atoms with Gasteiger partial charge in [-0.05, 0) is 48.6 Å². The van der Waals surface area contributed by atoms with E-state index in [1.165, 1.54) is 0 Å². The Hall–Kier alpha value is -5.35. The molecule has 0 fully saturated rings. The number of aromatic amines is 1. The van der Waals surface area contributed by atoms with Gasteiger partial charge in [-0.2, -0.15) is 43.8 Å². The van der Waals surface area contributed by atoms with Gasteiger partial charge in [-0.3, -0.25) is 32.9 Å². The van der Waals surface area contributed by atoms with Crippen LogP contribution in [0.25, 0.3) is 11.8 Å². The molecule has 6 N–H and O–H groups in total. The number of carbonyl (C=O) groups excluding carboxylic acids is 2. The van der Waals surface area contributed by atoms with Crippen LogP contribution in [0.1, 0.15) is 16.1 Å². The van der Waals surface area contributed by atoms with Crippen molar-refractivity contribution in [3.05, 3.63) is 75.7 Å². The molecule has 22 nitrogen and oxygen atoms in total. The quantitative estimate of drug-likeness (QED) is 0.0955. The van der Waals surface area contributed by atoms with Crippen LogP contribution < -0.4 is 15.7 Å². The molecule has 0 saturated carbocycles. The predicted molar refractivity (Wildman–Crippen MR) is 156 cm³/mol. The zero-order chi connectivity index (χ0) is 37.0. The second-order valence-corrected chi connectivity index (χ2v) is 14.9. The van der Waals surface area contributed by atoms with Crippen LogP contribution in [0.2, 0.25) is 0 Å². The van der Waals surface area contributed by atoms with Crippen molar-refractivity contribution in [2.45, 2.75) is 19.6 Å². The molecule has 0 radical (unpaired) electrons. The molecular formula is C23H15N4O18S4-. The van der Waals surface area contributed by atoms with Crippen LogP contribution in [0.5, 0.6) is 0 Å². The molecule has 1 aliphatic heterocycles. The maximum absolute atomic E-state index is 13.2. The highest BCUT2D eigenvalue weighted by Crippen LogP contribution is 2.33. The summed E-state index contributed by atoms with van der Waals surface area (Å²) < 4.78 is 132. The van der Waals surface area contributed by atoms with Gasteiger partial charge in [-0.1, -0.05) is 6.08 Å². The van der Waals surface area contributed by atoms with Gasteiger partial charge in [-0.25, -0.2) is 9.48 Å². The Morgan fingerprint density at radius 3 is 1.71 bits per heavy atom. The van der Waals surface area contributed by atoms with Gasteiger partial charge < -0.3 is 15.0 Å². The second kappa shape index (κ2) is 12.3. The van der Waals surface area contributed by atoms with Gasteiger partial charge in [0.05, 0.1) is 44.0 Å². The van der Waals surface area contributed by atoms with E-state index in [0.717, 1.165) is 0 Å². The maximum atomic E-state index is 13.2. The molecule has 1 amide bonds. The number of anilines is 1. The van der Waals surface area contributed by atoms with E-state index in [1.807, 2.05) is 5.10 Å². The van der Waals surface area contributed by atoms with Gasteiger partial charge >= 0.3 is 5.97 Å². The smallest absolute Gasteiger partial charge is 0.357 e. The summed E-state index contributed by atoms with van der Waals surface area (Å²) in [6.45, 7) is 0. The SMILES string of the molecule is O=C(O)C1=NN(c2cc(S(=O)(=O)O)ccc2S(=O)(=O)O)C(=O)C1=CC=Cc1c(C(=O)[O-])[nH]n(-c2cc(S(=O)(=O)O)ccc2S(=O)(=O)O)c1=O. The monoisotopic (exact) mass is 763 g/mol. The first-order valence-corrected chi connectivity index (χ1v) is 17.9. The highest BCUT2D eigenvalue weighted by atomic mass is 32.2. The number of nitrogens with one attached hydrogen (secondary N) is 1. The molecule has 49 heavy (non-hydrogen) atoms. The van der Waals surface area contributed by atoms with Crippen molar-refractivity contribution >= 4 is 75.8 Å². The van der Waals surface area contributed by atoms with Crippen LogP contribution in [0.4, 0.5) is 5.69 Å². The van der Waals surface area contributed by atoms with Crippen molar-refractivity contribution in [3.8, 4) is 5.69 Å². The third kappa shape index (κ3) is 7.24. The Bertz CT molecular complexity index is 2600. The summed E-state index contributed by atoms with van der Waals surface area (Å²) in [5.74, 6) is -5.56. The summed E-state index contributed by atoms with van der Waals surface area (Å²) in [7, 11) is -20.6. The zero-order valence-electron chi connectivity index (χ0n) is 23.2. The van der Waals surface area contributed by atoms with Crippen LogP contribution >= 0.6 is 0 Å². The summed E-state index contributed by atoms with van der Waals surface area (Å²) >= 11 is 0. The second-order valence-electron chi connectivity index (χ2n) is 9.30. The topological polar surface area (TPSA) is 365 Å². The van der Waals surface area contributed by atoms with E-state index in [-0.39, 0.29) is 9.69 Å². The fraction of sp³-hybridized carbons (Fsp3) is 0. The van der Waals surface area contributed by atoms with Crippen LogP contribution in [0.15, 0.2) is 83.6 Å². The highest BCUT2D eigenvalue weighted by molar-refractivity contribution is 7.87. The summed E-state index contributed by atoms with van der Waals surface area (Å²) in [5.41, 5.74) is -7.61. The minimum Gasteiger partial charge on any atom is -0.543 e. The van der Waals surface area contributed by atoms with Crippen molar-refractivity contribution in [2.24, 2.45) is 5.10 Å². The summed E-state index contributed by atoms with van der Waals surface area (Å²) in [5, 5.41) is 26.8. The molecule has 0 saturated heterocycles. The van der Waals surface area contributed by atoms with E-state index in [4.69, 9.17) is 0 Å². The first-order valence-electron chi connectivity index (χ1n) is 12.1. The van der Waals surface area contributed by atoms with Gasteiger partial charge in [0, 0.05) is 0 Å². The lowest BCUT2D eigenvalue weighted by atomic mass is 10.1. The number of carboxylic acid groups (broad SMARTS) is 2. The molecule has 0 unspecified atom stereocenters. The number of hydrogen-bond donors (Lipinski definition) is 6. The molecule has 26 heteroatoms. The molecule has 2 heterocycles. The number of benzene rings is 2. The fourth-order valence-electron chi connectivity index (χ4n) is 4.15. The molecule has 4 rings (SSSR count). The Balaban J connectivity index is 1.88. The molecule has 2 aromatic carbocycles.